The number of rotatable bonds is 9. The SMILES string of the molecule is CCOc1c(OC)ccc(Br)c1CNCCc1ccc(S(N)(=O)=O)cc1. The molecule has 0 aromatic heterocycles. The lowest BCUT2D eigenvalue weighted by Crippen LogP contribution is -2.18. The van der Waals surface area contributed by atoms with Gasteiger partial charge in [-0.05, 0) is 49.7 Å². The van der Waals surface area contributed by atoms with Crippen LogP contribution in [-0.4, -0.2) is 28.7 Å². The Morgan fingerprint density at radius 2 is 1.85 bits per heavy atom. The van der Waals surface area contributed by atoms with E-state index in [-0.39, 0.29) is 4.90 Å². The summed E-state index contributed by atoms with van der Waals surface area (Å²) in [5, 5.41) is 8.48. The monoisotopic (exact) mass is 442 g/mol. The summed E-state index contributed by atoms with van der Waals surface area (Å²) < 4.78 is 34.6. The van der Waals surface area contributed by atoms with Crippen LogP contribution in [0.15, 0.2) is 45.8 Å². The zero-order valence-electron chi connectivity index (χ0n) is 14.8. The lowest BCUT2D eigenvalue weighted by molar-refractivity contribution is 0.306. The molecule has 0 unspecified atom stereocenters. The molecule has 0 aliphatic carbocycles. The molecule has 3 N–H and O–H groups in total. The van der Waals surface area contributed by atoms with Crippen molar-refractivity contribution in [1.29, 1.82) is 0 Å². The number of hydrogen-bond donors (Lipinski definition) is 2. The number of nitrogens with one attached hydrogen (secondary N) is 1. The number of primary sulfonamides is 1. The maximum absolute atomic E-state index is 11.3. The minimum Gasteiger partial charge on any atom is -0.493 e. The van der Waals surface area contributed by atoms with Crippen molar-refractivity contribution < 1.29 is 17.9 Å². The molecule has 0 heterocycles. The molecule has 2 rings (SSSR count). The van der Waals surface area contributed by atoms with Gasteiger partial charge < -0.3 is 14.8 Å². The largest absolute Gasteiger partial charge is 0.493 e. The topological polar surface area (TPSA) is 90.7 Å². The van der Waals surface area contributed by atoms with Gasteiger partial charge in [0.2, 0.25) is 10.0 Å². The molecule has 6 nitrogen and oxygen atoms in total. The molecular weight excluding hydrogens is 420 g/mol. The average Bonchev–Trinajstić information content (AvgIpc) is 2.60. The predicted octanol–water partition coefficient (Wildman–Crippen LogP) is 2.84. The first-order valence-electron chi connectivity index (χ1n) is 8.17. The Bertz CT molecular complexity index is 839. The number of nitrogens with two attached hydrogens (primary N) is 1. The van der Waals surface area contributed by atoms with Gasteiger partial charge in [-0.1, -0.05) is 28.1 Å². The third kappa shape index (κ3) is 5.44. The summed E-state index contributed by atoms with van der Waals surface area (Å²) in [4.78, 5) is 0.121. The van der Waals surface area contributed by atoms with Gasteiger partial charge in [0, 0.05) is 16.6 Å². The molecule has 0 aliphatic rings. The van der Waals surface area contributed by atoms with Crippen LogP contribution in [0.25, 0.3) is 0 Å². The van der Waals surface area contributed by atoms with Gasteiger partial charge in [-0.25, -0.2) is 13.6 Å². The van der Waals surface area contributed by atoms with E-state index in [1.54, 1.807) is 19.2 Å². The van der Waals surface area contributed by atoms with Crippen LogP contribution in [-0.2, 0) is 23.0 Å². The van der Waals surface area contributed by atoms with Gasteiger partial charge in [0.25, 0.3) is 0 Å². The van der Waals surface area contributed by atoms with Crippen molar-refractivity contribution >= 4 is 26.0 Å². The Kier molecular flexibility index (Phi) is 7.45. The van der Waals surface area contributed by atoms with Gasteiger partial charge in [-0.3, -0.25) is 0 Å². The van der Waals surface area contributed by atoms with E-state index >= 15 is 0 Å². The highest BCUT2D eigenvalue weighted by Gasteiger charge is 2.14. The predicted molar refractivity (Wildman–Crippen MR) is 105 cm³/mol. The average molecular weight is 443 g/mol. The third-order valence-corrected chi connectivity index (χ3v) is 5.49. The maximum Gasteiger partial charge on any atom is 0.238 e. The van der Waals surface area contributed by atoms with Crippen LogP contribution in [0.3, 0.4) is 0 Å². The molecule has 142 valence electrons. The summed E-state index contributed by atoms with van der Waals surface area (Å²) in [6.45, 7) is 3.82. The molecule has 0 spiro atoms. The number of sulfonamides is 1. The molecule has 0 fully saturated rings. The van der Waals surface area contributed by atoms with E-state index in [4.69, 9.17) is 14.6 Å². The Morgan fingerprint density at radius 1 is 1.15 bits per heavy atom. The van der Waals surface area contributed by atoms with Crippen molar-refractivity contribution in [2.75, 3.05) is 20.3 Å². The van der Waals surface area contributed by atoms with Crippen LogP contribution >= 0.6 is 15.9 Å². The van der Waals surface area contributed by atoms with E-state index in [0.29, 0.717) is 18.9 Å². The molecule has 2 aromatic carbocycles. The highest BCUT2D eigenvalue weighted by molar-refractivity contribution is 9.10. The second-order valence-electron chi connectivity index (χ2n) is 5.61. The maximum atomic E-state index is 11.3. The Balaban J connectivity index is 1.98. The first kappa shape index (κ1) is 20.7. The van der Waals surface area contributed by atoms with Crippen molar-refractivity contribution in [1.82, 2.24) is 5.32 Å². The molecule has 0 atom stereocenters. The molecular formula is C18H23BrN2O4S. The number of halogens is 1. The fourth-order valence-electron chi connectivity index (χ4n) is 2.50. The first-order valence-corrected chi connectivity index (χ1v) is 10.5. The van der Waals surface area contributed by atoms with Crippen LogP contribution in [0.5, 0.6) is 11.5 Å². The highest BCUT2D eigenvalue weighted by Crippen LogP contribution is 2.36. The Labute approximate surface area is 162 Å². The molecule has 2 aromatic rings. The first-order chi connectivity index (χ1) is 12.4. The second kappa shape index (κ2) is 9.36. The lowest BCUT2D eigenvalue weighted by atomic mass is 10.1. The molecule has 0 saturated heterocycles. The molecule has 0 bridgehead atoms. The standard InChI is InChI=1S/C18H23BrN2O4S/c1-3-25-18-15(16(19)8-9-17(18)24-2)12-21-11-10-13-4-6-14(7-5-13)26(20,22)23/h4-9,21H,3,10-12H2,1-2H3,(H2,20,22,23). The number of hydrogen-bond acceptors (Lipinski definition) is 5. The van der Waals surface area contributed by atoms with Crippen molar-refractivity contribution in [2.45, 2.75) is 24.8 Å². The fraction of sp³-hybridized carbons (Fsp3) is 0.333. The van der Waals surface area contributed by atoms with E-state index in [9.17, 15) is 8.42 Å². The van der Waals surface area contributed by atoms with E-state index < -0.39 is 10.0 Å². The summed E-state index contributed by atoms with van der Waals surface area (Å²) >= 11 is 3.56. The van der Waals surface area contributed by atoms with Gasteiger partial charge in [-0.15, -0.1) is 0 Å². The summed E-state index contributed by atoms with van der Waals surface area (Å²) in [5.41, 5.74) is 2.02. The van der Waals surface area contributed by atoms with Crippen LogP contribution in [0.2, 0.25) is 0 Å². The third-order valence-electron chi connectivity index (χ3n) is 3.82. The van der Waals surface area contributed by atoms with Gasteiger partial charge >= 0.3 is 0 Å². The Morgan fingerprint density at radius 3 is 2.42 bits per heavy atom. The van der Waals surface area contributed by atoms with E-state index in [1.165, 1.54) is 12.1 Å². The van der Waals surface area contributed by atoms with Gasteiger partial charge in [-0.2, -0.15) is 0 Å². The van der Waals surface area contributed by atoms with Crippen molar-refractivity contribution in [3.05, 3.63) is 52.0 Å². The van der Waals surface area contributed by atoms with Crippen molar-refractivity contribution in [2.24, 2.45) is 5.14 Å². The highest BCUT2D eigenvalue weighted by atomic mass is 79.9. The van der Waals surface area contributed by atoms with Gasteiger partial charge in [0.05, 0.1) is 18.6 Å². The summed E-state index contributed by atoms with van der Waals surface area (Å²) in [6, 6.07) is 10.4. The summed E-state index contributed by atoms with van der Waals surface area (Å²) in [7, 11) is -2.03. The van der Waals surface area contributed by atoms with Crippen molar-refractivity contribution in [3.63, 3.8) is 0 Å². The minimum absolute atomic E-state index is 0.121. The second-order valence-corrected chi connectivity index (χ2v) is 8.02. The Hall–Kier alpha value is -1.61. The van der Waals surface area contributed by atoms with Crippen molar-refractivity contribution in [3.8, 4) is 11.5 Å². The van der Waals surface area contributed by atoms with Crippen LogP contribution in [0.1, 0.15) is 18.1 Å². The molecule has 8 heteroatoms. The molecule has 0 amide bonds. The van der Waals surface area contributed by atoms with E-state index in [1.807, 2.05) is 19.1 Å². The molecule has 0 saturated carbocycles. The zero-order chi connectivity index (χ0) is 19.2. The number of benzene rings is 2. The van der Waals surface area contributed by atoms with Crippen LogP contribution < -0.4 is 19.9 Å². The quantitative estimate of drug-likeness (QED) is 0.582. The number of ether oxygens (including phenoxy) is 2. The van der Waals surface area contributed by atoms with Crippen LogP contribution in [0.4, 0.5) is 0 Å². The van der Waals surface area contributed by atoms with E-state index in [0.717, 1.165) is 34.3 Å². The van der Waals surface area contributed by atoms with Gasteiger partial charge in [0.1, 0.15) is 0 Å². The molecule has 0 aliphatic heterocycles. The van der Waals surface area contributed by atoms with E-state index in [2.05, 4.69) is 21.2 Å². The minimum atomic E-state index is -3.65. The smallest absolute Gasteiger partial charge is 0.238 e. The summed E-state index contributed by atoms with van der Waals surface area (Å²) in [5.74, 6) is 1.43. The molecule has 0 radical (unpaired) electrons. The van der Waals surface area contributed by atoms with Gasteiger partial charge in [0.15, 0.2) is 11.5 Å². The number of methoxy groups -OCH3 is 1. The summed E-state index contributed by atoms with van der Waals surface area (Å²) in [6.07, 6.45) is 0.760. The zero-order valence-corrected chi connectivity index (χ0v) is 17.2. The normalized spacial score (nSPS) is 11.4. The lowest BCUT2D eigenvalue weighted by Gasteiger charge is -2.16. The molecule has 26 heavy (non-hydrogen) atoms. The fourth-order valence-corrected chi connectivity index (χ4v) is 3.47. The van der Waals surface area contributed by atoms with Crippen LogP contribution in [0, 0.1) is 0 Å².